The highest BCUT2D eigenvalue weighted by Crippen LogP contribution is 2.31. The Balaban J connectivity index is 1.97. The zero-order valence-electron chi connectivity index (χ0n) is 21.1. The van der Waals surface area contributed by atoms with Gasteiger partial charge in [-0.3, -0.25) is 0 Å². The van der Waals surface area contributed by atoms with E-state index in [1.54, 1.807) is 0 Å². The van der Waals surface area contributed by atoms with Crippen LogP contribution in [-0.2, 0) is 10.8 Å². The fourth-order valence-electron chi connectivity index (χ4n) is 5.14. The standard InChI is InChI=1S/C33H33Cl/c1-32(2,3)24-15-14-23-18-28-27(26(23)19-24)20-30(33(4,5)6)29(31(28)22-11-7-8-12-22)17-21-10-9-13-25(34)16-21/h7-11,13-20H,12H2,1-6H3. The molecule has 5 rings (SSSR count). The summed E-state index contributed by atoms with van der Waals surface area (Å²) in [6.45, 7) is 13.8. The first-order valence-electron chi connectivity index (χ1n) is 12.2. The Bertz CT molecular complexity index is 1580. The van der Waals surface area contributed by atoms with Crippen molar-refractivity contribution in [2.75, 3.05) is 0 Å². The lowest BCUT2D eigenvalue weighted by molar-refractivity contribution is 0.585. The molecule has 0 amide bonds. The van der Waals surface area contributed by atoms with Crippen molar-refractivity contribution in [3.63, 3.8) is 0 Å². The third-order valence-corrected chi connectivity index (χ3v) is 7.21. The van der Waals surface area contributed by atoms with Gasteiger partial charge in [-0.15, -0.1) is 0 Å². The number of hydrogen-bond donors (Lipinski definition) is 0. The van der Waals surface area contributed by atoms with Crippen molar-refractivity contribution in [1.29, 1.82) is 0 Å². The van der Waals surface area contributed by atoms with Crippen LogP contribution in [0.25, 0.3) is 17.7 Å². The highest BCUT2D eigenvalue weighted by atomic mass is 35.5. The smallest absolute Gasteiger partial charge is 0.0411 e. The molecule has 3 aromatic rings. The molecule has 0 unspecified atom stereocenters. The molecule has 0 spiro atoms. The van der Waals surface area contributed by atoms with E-state index in [9.17, 15) is 0 Å². The normalized spacial score (nSPS) is 15.3. The predicted octanol–water partition coefficient (Wildman–Crippen LogP) is 7.54. The van der Waals surface area contributed by atoms with Crippen LogP contribution in [0.2, 0.25) is 5.02 Å². The molecule has 0 bridgehead atoms. The Labute approximate surface area is 208 Å². The van der Waals surface area contributed by atoms with Gasteiger partial charge in [-0.1, -0.05) is 102 Å². The number of benzene rings is 3. The van der Waals surface area contributed by atoms with Gasteiger partial charge in [0, 0.05) is 5.02 Å². The van der Waals surface area contributed by atoms with Crippen molar-refractivity contribution >= 4 is 29.3 Å². The van der Waals surface area contributed by atoms with Crippen LogP contribution >= 0.6 is 11.6 Å². The van der Waals surface area contributed by atoms with E-state index in [1.165, 1.54) is 48.7 Å². The SMILES string of the molecule is CC(C)(C)c1ccc2c(c1)=c1cc(C(C)(C)C)c(=Cc3cccc(Cl)c3)c(C3=CC=CC3)c1C=2. The van der Waals surface area contributed by atoms with E-state index in [-0.39, 0.29) is 10.8 Å². The summed E-state index contributed by atoms with van der Waals surface area (Å²) in [5.74, 6) is 0. The van der Waals surface area contributed by atoms with Crippen LogP contribution in [0.3, 0.4) is 0 Å². The minimum Gasteiger partial charge on any atom is -0.0843 e. The molecule has 3 aromatic carbocycles. The maximum atomic E-state index is 6.37. The van der Waals surface area contributed by atoms with Crippen LogP contribution in [0, 0.1) is 10.4 Å². The van der Waals surface area contributed by atoms with E-state index >= 15 is 0 Å². The Morgan fingerprint density at radius 2 is 1.65 bits per heavy atom. The van der Waals surface area contributed by atoms with Crippen LogP contribution in [0.1, 0.15) is 75.8 Å². The number of hydrogen-bond acceptors (Lipinski definition) is 0. The lowest BCUT2D eigenvalue weighted by Gasteiger charge is -2.24. The van der Waals surface area contributed by atoms with Gasteiger partial charge in [0.15, 0.2) is 0 Å². The lowest BCUT2D eigenvalue weighted by atomic mass is 9.80. The minimum absolute atomic E-state index is 0.00876. The van der Waals surface area contributed by atoms with Crippen LogP contribution in [-0.4, -0.2) is 0 Å². The topological polar surface area (TPSA) is 0 Å². The van der Waals surface area contributed by atoms with E-state index in [0.717, 1.165) is 17.0 Å². The molecule has 2 aliphatic carbocycles. The van der Waals surface area contributed by atoms with Gasteiger partial charge in [0.05, 0.1) is 0 Å². The number of rotatable bonds is 2. The number of allylic oxidation sites excluding steroid dienone is 4. The van der Waals surface area contributed by atoms with Crippen molar-refractivity contribution < 1.29 is 0 Å². The zero-order valence-corrected chi connectivity index (χ0v) is 21.8. The van der Waals surface area contributed by atoms with Crippen LogP contribution in [0.4, 0.5) is 0 Å². The van der Waals surface area contributed by atoms with Crippen molar-refractivity contribution in [2.24, 2.45) is 0 Å². The van der Waals surface area contributed by atoms with Gasteiger partial charge in [-0.2, -0.15) is 0 Å². The predicted molar refractivity (Wildman–Crippen MR) is 148 cm³/mol. The fourth-order valence-corrected chi connectivity index (χ4v) is 5.34. The third-order valence-electron chi connectivity index (χ3n) is 6.98. The molecule has 1 heteroatoms. The lowest BCUT2D eigenvalue weighted by Crippen LogP contribution is -2.26. The summed E-state index contributed by atoms with van der Waals surface area (Å²) < 4.78 is 0. The van der Waals surface area contributed by atoms with Gasteiger partial charge in [0.2, 0.25) is 0 Å². The van der Waals surface area contributed by atoms with Crippen molar-refractivity contribution in [3.05, 3.63) is 120 Å². The number of halogens is 1. The van der Waals surface area contributed by atoms with Crippen molar-refractivity contribution in [3.8, 4) is 0 Å². The molecule has 0 nitrogen and oxygen atoms in total. The van der Waals surface area contributed by atoms with E-state index in [2.05, 4.69) is 108 Å². The molecule has 0 heterocycles. The van der Waals surface area contributed by atoms with Gasteiger partial charge in [0.25, 0.3) is 0 Å². The summed E-state index contributed by atoms with van der Waals surface area (Å²) in [6.07, 6.45) is 12.4. The van der Waals surface area contributed by atoms with Crippen LogP contribution in [0.5, 0.6) is 0 Å². The summed E-state index contributed by atoms with van der Waals surface area (Å²) in [5, 5.41) is 6.11. The quantitative estimate of drug-likeness (QED) is 0.287. The summed E-state index contributed by atoms with van der Waals surface area (Å²) >= 11 is 6.37. The van der Waals surface area contributed by atoms with E-state index < -0.39 is 0 Å². The first kappa shape index (κ1) is 22.9. The van der Waals surface area contributed by atoms with Gasteiger partial charge in [-0.05, 0) is 102 Å². The number of fused-ring (bicyclic) bond motifs is 2. The molecule has 0 aliphatic heterocycles. The molecule has 0 saturated carbocycles. The van der Waals surface area contributed by atoms with Crippen LogP contribution in [0.15, 0.2) is 66.8 Å². The zero-order chi connectivity index (χ0) is 24.3. The Kier molecular flexibility index (Phi) is 5.49. The first-order chi connectivity index (χ1) is 16.0. The average molecular weight is 465 g/mol. The molecule has 2 aliphatic rings. The van der Waals surface area contributed by atoms with Gasteiger partial charge in [0.1, 0.15) is 0 Å². The first-order valence-corrected chi connectivity index (χ1v) is 12.6. The third kappa shape index (κ3) is 4.10. The second-order valence-corrected chi connectivity index (χ2v) is 12.1. The molecule has 0 aromatic heterocycles. The second kappa shape index (κ2) is 8.14. The van der Waals surface area contributed by atoms with E-state index in [4.69, 9.17) is 11.6 Å². The van der Waals surface area contributed by atoms with E-state index in [0.29, 0.717) is 0 Å². The van der Waals surface area contributed by atoms with Gasteiger partial charge >= 0.3 is 0 Å². The van der Waals surface area contributed by atoms with E-state index in [1.807, 2.05) is 12.1 Å². The molecule has 0 fully saturated rings. The van der Waals surface area contributed by atoms with Crippen molar-refractivity contribution in [1.82, 2.24) is 0 Å². The maximum absolute atomic E-state index is 6.37. The van der Waals surface area contributed by atoms with Gasteiger partial charge < -0.3 is 0 Å². The summed E-state index contributed by atoms with van der Waals surface area (Å²) in [7, 11) is 0. The molecule has 172 valence electrons. The molecule has 0 saturated heterocycles. The average Bonchev–Trinajstić information content (AvgIpc) is 3.39. The summed E-state index contributed by atoms with van der Waals surface area (Å²) in [5.41, 5.74) is 8.08. The second-order valence-electron chi connectivity index (χ2n) is 11.6. The van der Waals surface area contributed by atoms with Crippen molar-refractivity contribution in [2.45, 2.75) is 58.8 Å². The summed E-state index contributed by atoms with van der Waals surface area (Å²) in [6, 6.07) is 17.6. The molecular formula is C33H33Cl. The Hall–Kier alpha value is -2.83. The minimum atomic E-state index is -0.00876. The highest BCUT2D eigenvalue weighted by molar-refractivity contribution is 6.30. The summed E-state index contributed by atoms with van der Waals surface area (Å²) in [4.78, 5) is 0. The fraction of sp³-hybridized carbons (Fsp3) is 0.273. The highest BCUT2D eigenvalue weighted by Gasteiger charge is 2.23. The molecule has 0 N–H and O–H groups in total. The Morgan fingerprint density at radius 3 is 2.29 bits per heavy atom. The molecular weight excluding hydrogens is 432 g/mol. The molecule has 0 radical (unpaired) electrons. The largest absolute Gasteiger partial charge is 0.0843 e. The Morgan fingerprint density at radius 1 is 0.853 bits per heavy atom. The molecule has 0 atom stereocenters. The van der Waals surface area contributed by atoms with Gasteiger partial charge in [-0.25, -0.2) is 0 Å². The van der Waals surface area contributed by atoms with Crippen LogP contribution < -0.4 is 10.4 Å². The monoisotopic (exact) mass is 464 g/mol. The molecule has 34 heavy (non-hydrogen) atoms. The maximum Gasteiger partial charge on any atom is 0.0411 e.